The Balaban J connectivity index is 2.55. The highest BCUT2D eigenvalue weighted by molar-refractivity contribution is 6.39. The first-order valence-electron chi connectivity index (χ1n) is 7.18. The lowest BCUT2D eigenvalue weighted by atomic mass is 10.1. The summed E-state index contributed by atoms with van der Waals surface area (Å²) in [6.07, 6.45) is 0.302. The van der Waals surface area contributed by atoms with Gasteiger partial charge in [-0.3, -0.25) is 14.4 Å². The molecule has 0 aliphatic rings. The SMILES string of the molecule is CC(C)CNC(=O)C(=O)Nc1ccc(CC(=O)N(C)C)cc1. The summed E-state index contributed by atoms with van der Waals surface area (Å²) in [5.74, 6) is -1.06. The molecule has 1 aromatic carbocycles. The third kappa shape index (κ3) is 5.95. The largest absolute Gasteiger partial charge is 0.349 e. The Kier molecular flexibility index (Phi) is 6.56. The van der Waals surface area contributed by atoms with Crippen molar-refractivity contribution in [2.24, 2.45) is 5.92 Å². The number of anilines is 1. The van der Waals surface area contributed by atoms with E-state index in [9.17, 15) is 14.4 Å². The maximum absolute atomic E-state index is 11.7. The van der Waals surface area contributed by atoms with Gasteiger partial charge in [0.15, 0.2) is 0 Å². The molecule has 0 aromatic heterocycles. The molecule has 0 bridgehead atoms. The fourth-order valence-electron chi connectivity index (χ4n) is 1.60. The lowest BCUT2D eigenvalue weighted by molar-refractivity contribution is -0.136. The molecule has 0 saturated carbocycles. The van der Waals surface area contributed by atoms with Crippen LogP contribution in [0, 0.1) is 5.92 Å². The molecule has 6 heteroatoms. The summed E-state index contributed by atoms with van der Waals surface area (Å²) in [6.45, 7) is 4.36. The predicted molar refractivity (Wildman–Crippen MR) is 85.3 cm³/mol. The average molecular weight is 305 g/mol. The van der Waals surface area contributed by atoms with Crippen LogP contribution in [0.2, 0.25) is 0 Å². The maximum Gasteiger partial charge on any atom is 0.313 e. The van der Waals surface area contributed by atoms with Crippen molar-refractivity contribution in [3.8, 4) is 0 Å². The molecule has 0 aliphatic heterocycles. The minimum atomic E-state index is -0.697. The normalized spacial score (nSPS) is 10.2. The van der Waals surface area contributed by atoms with Crippen molar-refractivity contribution in [1.29, 1.82) is 0 Å². The monoisotopic (exact) mass is 305 g/mol. The van der Waals surface area contributed by atoms with Gasteiger partial charge in [0.1, 0.15) is 0 Å². The van der Waals surface area contributed by atoms with Crippen molar-refractivity contribution >= 4 is 23.4 Å². The molecule has 22 heavy (non-hydrogen) atoms. The molecule has 0 spiro atoms. The standard InChI is InChI=1S/C16H23N3O3/c1-11(2)10-17-15(21)16(22)18-13-7-5-12(6-8-13)9-14(20)19(3)4/h5-8,11H,9-10H2,1-4H3,(H,17,21)(H,18,22). The van der Waals surface area contributed by atoms with Gasteiger partial charge >= 0.3 is 11.8 Å². The van der Waals surface area contributed by atoms with Gasteiger partial charge in [0.2, 0.25) is 5.91 Å². The van der Waals surface area contributed by atoms with E-state index in [2.05, 4.69) is 10.6 Å². The average Bonchev–Trinajstić information content (AvgIpc) is 2.46. The van der Waals surface area contributed by atoms with Crippen LogP contribution in [0.1, 0.15) is 19.4 Å². The summed E-state index contributed by atoms with van der Waals surface area (Å²) >= 11 is 0. The van der Waals surface area contributed by atoms with E-state index in [4.69, 9.17) is 0 Å². The lowest BCUT2D eigenvalue weighted by Gasteiger charge is -2.11. The van der Waals surface area contributed by atoms with Gasteiger partial charge in [-0.2, -0.15) is 0 Å². The third-order valence-corrected chi connectivity index (χ3v) is 2.94. The molecule has 0 unspecified atom stereocenters. The molecule has 0 radical (unpaired) electrons. The van der Waals surface area contributed by atoms with Crippen LogP contribution >= 0.6 is 0 Å². The Labute approximate surface area is 130 Å². The predicted octanol–water partition coefficient (Wildman–Crippen LogP) is 1.03. The number of carbonyl (C=O) groups excluding carboxylic acids is 3. The molecule has 0 heterocycles. The van der Waals surface area contributed by atoms with Crippen molar-refractivity contribution < 1.29 is 14.4 Å². The van der Waals surface area contributed by atoms with E-state index >= 15 is 0 Å². The van der Waals surface area contributed by atoms with Crippen molar-refractivity contribution in [2.75, 3.05) is 26.0 Å². The number of amides is 3. The minimum Gasteiger partial charge on any atom is -0.349 e. The fraction of sp³-hybridized carbons (Fsp3) is 0.438. The second-order valence-electron chi connectivity index (χ2n) is 5.72. The van der Waals surface area contributed by atoms with Crippen LogP contribution < -0.4 is 10.6 Å². The van der Waals surface area contributed by atoms with Gasteiger partial charge in [-0.25, -0.2) is 0 Å². The molecular formula is C16H23N3O3. The van der Waals surface area contributed by atoms with Gasteiger partial charge in [-0.15, -0.1) is 0 Å². The van der Waals surface area contributed by atoms with Crippen LogP contribution in [0.3, 0.4) is 0 Å². The van der Waals surface area contributed by atoms with Gasteiger partial charge in [-0.05, 0) is 23.6 Å². The van der Waals surface area contributed by atoms with Gasteiger partial charge in [-0.1, -0.05) is 26.0 Å². The van der Waals surface area contributed by atoms with E-state index in [0.29, 0.717) is 18.7 Å². The Morgan fingerprint density at radius 2 is 1.64 bits per heavy atom. The number of hydrogen-bond acceptors (Lipinski definition) is 3. The summed E-state index contributed by atoms with van der Waals surface area (Å²) in [5.41, 5.74) is 1.37. The summed E-state index contributed by atoms with van der Waals surface area (Å²) in [7, 11) is 3.40. The highest BCUT2D eigenvalue weighted by Gasteiger charge is 2.13. The van der Waals surface area contributed by atoms with Gasteiger partial charge < -0.3 is 15.5 Å². The van der Waals surface area contributed by atoms with E-state index in [1.54, 1.807) is 38.4 Å². The molecule has 120 valence electrons. The zero-order valence-corrected chi connectivity index (χ0v) is 13.5. The number of hydrogen-bond donors (Lipinski definition) is 2. The van der Waals surface area contributed by atoms with Crippen molar-refractivity contribution in [1.82, 2.24) is 10.2 Å². The molecule has 1 rings (SSSR count). The maximum atomic E-state index is 11.7. The Hall–Kier alpha value is -2.37. The molecule has 0 fully saturated rings. The van der Waals surface area contributed by atoms with Crippen LogP contribution in [-0.4, -0.2) is 43.3 Å². The third-order valence-electron chi connectivity index (χ3n) is 2.94. The van der Waals surface area contributed by atoms with Crippen molar-refractivity contribution in [3.05, 3.63) is 29.8 Å². The second kappa shape index (κ2) is 8.17. The van der Waals surface area contributed by atoms with E-state index in [1.807, 2.05) is 13.8 Å². The number of rotatable bonds is 5. The first kappa shape index (κ1) is 17.7. The number of carbonyl (C=O) groups is 3. The van der Waals surface area contributed by atoms with E-state index in [-0.39, 0.29) is 11.8 Å². The summed E-state index contributed by atoms with van der Waals surface area (Å²) in [4.78, 5) is 36.4. The van der Waals surface area contributed by atoms with E-state index in [1.165, 1.54) is 4.90 Å². The summed E-state index contributed by atoms with van der Waals surface area (Å²) in [5, 5.41) is 5.07. The van der Waals surface area contributed by atoms with Crippen LogP contribution in [0.25, 0.3) is 0 Å². The summed E-state index contributed by atoms with van der Waals surface area (Å²) in [6, 6.07) is 6.85. The Morgan fingerprint density at radius 1 is 1.05 bits per heavy atom. The van der Waals surface area contributed by atoms with Crippen molar-refractivity contribution in [3.63, 3.8) is 0 Å². The highest BCUT2D eigenvalue weighted by atomic mass is 16.2. The van der Waals surface area contributed by atoms with Crippen molar-refractivity contribution in [2.45, 2.75) is 20.3 Å². The molecular weight excluding hydrogens is 282 g/mol. The molecule has 0 saturated heterocycles. The van der Waals surface area contributed by atoms with E-state index in [0.717, 1.165) is 5.56 Å². The zero-order valence-electron chi connectivity index (χ0n) is 13.5. The second-order valence-corrected chi connectivity index (χ2v) is 5.72. The smallest absolute Gasteiger partial charge is 0.313 e. The van der Waals surface area contributed by atoms with E-state index < -0.39 is 11.8 Å². The van der Waals surface area contributed by atoms with Crippen LogP contribution in [0.4, 0.5) is 5.69 Å². The van der Waals surface area contributed by atoms with Crippen LogP contribution in [-0.2, 0) is 20.8 Å². The number of nitrogens with one attached hydrogen (secondary N) is 2. The zero-order chi connectivity index (χ0) is 16.7. The van der Waals surface area contributed by atoms with Crippen LogP contribution in [0.15, 0.2) is 24.3 Å². The topological polar surface area (TPSA) is 78.5 Å². The Morgan fingerprint density at radius 3 is 2.14 bits per heavy atom. The highest BCUT2D eigenvalue weighted by Crippen LogP contribution is 2.10. The molecule has 1 aromatic rings. The fourth-order valence-corrected chi connectivity index (χ4v) is 1.60. The van der Waals surface area contributed by atoms with Gasteiger partial charge in [0, 0.05) is 26.3 Å². The first-order valence-corrected chi connectivity index (χ1v) is 7.18. The minimum absolute atomic E-state index is 0.00449. The molecule has 2 N–H and O–H groups in total. The van der Waals surface area contributed by atoms with Crippen LogP contribution in [0.5, 0.6) is 0 Å². The van der Waals surface area contributed by atoms with Gasteiger partial charge in [0.05, 0.1) is 6.42 Å². The molecule has 3 amide bonds. The molecule has 6 nitrogen and oxygen atoms in total. The lowest BCUT2D eigenvalue weighted by Crippen LogP contribution is -2.37. The molecule has 0 aliphatic carbocycles. The summed E-state index contributed by atoms with van der Waals surface area (Å²) < 4.78 is 0. The first-order chi connectivity index (χ1) is 10.3. The molecule has 0 atom stereocenters. The quantitative estimate of drug-likeness (QED) is 0.798. The van der Waals surface area contributed by atoms with Gasteiger partial charge in [0.25, 0.3) is 0 Å². The Bertz CT molecular complexity index is 536. The number of benzene rings is 1. The number of likely N-dealkylation sites (N-methyl/N-ethyl adjacent to an activating group) is 1. The number of nitrogens with zero attached hydrogens (tertiary/aromatic N) is 1.